The van der Waals surface area contributed by atoms with Crippen molar-refractivity contribution in [3.63, 3.8) is 0 Å². The number of nitrogens with one attached hydrogen (secondary N) is 1. The highest BCUT2D eigenvalue weighted by Crippen LogP contribution is 2.39. The van der Waals surface area contributed by atoms with Crippen LogP contribution in [0.1, 0.15) is 49.4 Å². The summed E-state index contributed by atoms with van der Waals surface area (Å²) in [7, 11) is 0. The first-order valence-corrected chi connectivity index (χ1v) is 8.56. The predicted molar refractivity (Wildman–Crippen MR) is 96.1 cm³/mol. The summed E-state index contributed by atoms with van der Waals surface area (Å²) in [6.45, 7) is 6.20. The summed E-state index contributed by atoms with van der Waals surface area (Å²) in [5.41, 5.74) is 3.23. The second-order valence-electron chi connectivity index (χ2n) is 7.21. The smallest absolute Gasteiger partial charge is 0.220 e. The molecule has 0 aliphatic carbocycles. The summed E-state index contributed by atoms with van der Waals surface area (Å²) in [5, 5.41) is 3.19. The highest BCUT2D eigenvalue weighted by molar-refractivity contribution is 5.77. The molecule has 0 fully saturated rings. The number of hydrogen-bond acceptors (Lipinski definition) is 2. The van der Waals surface area contributed by atoms with Crippen LogP contribution in [0, 0.1) is 6.92 Å². The number of benzene rings is 2. The number of fused-ring (bicyclic) bond motifs is 1. The molecule has 1 aliphatic heterocycles. The summed E-state index contributed by atoms with van der Waals surface area (Å²) in [5.74, 6) is 0.964. The lowest BCUT2D eigenvalue weighted by Gasteiger charge is -2.37. The molecule has 3 heteroatoms. The second kappa shape index (κ2) is 6.68. The molecule has 0 unspecified atom stereocenters. The number of carbonyl (C=O) groups excluding carboxylic acids is 1. The van der Waals surface area contributed by atoms with E-state index in [1.54, 1.807) is 0 Å². The van der Waals surface area contributed by atoms with Gasteiger partial charge >= 0.3 is 0 Å². The third kappa shape index (κ3) is 3.97. The number of hydrogen-bond donors (Lipinski definition) is 1. The molecule has 1 atom stereocenters. The Balaban J connectivity index is 1.64. The number of rotatable bonds is 4. The fraction of sp³-hybridized carbons (Fsp3) is 0.381. The molecule has 0 bridgehead atoms. The van der Waals surface area contributed by atoms with Crippen LogP contribution in [0.3, 0.4) is 0 Å². The Labute approximate surface area is 144 Å². The lowest BCUT2D eigenvalue weighted by Crippen LogP contribution is -2.41. The number of aryl methyl sites for hydroxylation is 2. The first-order valence-electron chi connectivity index (χ1n) is 8.56. The van der Waals surface area contributed by atoms with Crippen molar-refractivity contribution < 1.29 is 9.53 Å². The molecule has 0 saturated heterocycles. The van der Waals surface area contributed by atoms with E-state index in [2.05, 4.69) is 50.4 Å². The first kappa shape index (κ1) is 16.6. The molecule has 2 aromatic rings. The van der Waals surface area contributed by atoms with Crippen molar-refractivity contribution in [1.29, 1.82) is 0 Å². The number of ether oxygens (including phenoxy) is 1. The van der Waals surface area contributed by atoms with Crippen LogP contribution in [0.4, 0.5) is 0 Å². The van der Waals surface area contributed by atoms with Crippen molar-refractivity contribution in [1.82, 2.24) is 5.32 Å². The predicted octanol–water partition coefficient (Wildman–Crippen LogP) is 4.35. The lowest BCUT2D eigenvalue weighted by molar-refractivity contribution is -0.122. The Morgan fingerprint density at radius 3 is 2.62 bits per heavy atom. The van der Waals surface area contributed by atoms with E-state index in [1.807, 2.05) is 24.3 Å². The molecule has 24 heavy (non-hydrogen) atoms. The topological polar surface area (TPSA) is 38.3 Å². The van der Waals surface area contributed by atoms with Crippen molar-refractivity contribution in [3.05, 3.63) is 65.2 Å². The van der Waals surface area contributed by atoms with E-state index in [4.69, 9.17) is 4.74 Å². The molecule has 0 radical (unpaired) electrons. The largest absolute Gasteiger partial charge is 0.487 e. The zero-order valence-corrected chi connectivity index (χ0v) is 14.6. The van der Waals surface area contributed by atoms with E-state index in [9.17, 15) is 4.79 Å². The van der Waals surface area contributed by atoms with Crippen LogP contribution in [0.15, 0.2) is 48.5 Å². The van der Waals surface area contributed by atoms with Gasteiger partial charge in [0.2, 0.25) is 5.91 Å². The van der Waals surface area contributed by atoms with Crippen molar-refractivity contribution in [2.24, 2.45) is 0 Å². The van der Waals surface area contributed by atoms with E-state index in [0.717, 1.165) is 24.2 Å². The molecule has 1 amide bonds. The zero-order valence-electron chi connectivity index (χ0n) is 14.6. The van der Waals surface area contributed by atoms with E-state index >= 15 is 0 Å². The van der Waals surface area contributed by atoms with Crippen LogP contribution in [0.5, 0.6) is 5.75 Å². The maximum atomic E-state index is 12.4. The Morgan fingerprint density at radius 1 is 1.17 bits per heavy atom. The molecule has 0 saturated carbocycles. The Kier molecular flexibility index (Phi) is 4.61. The fourth-order valence-corrected chi connectivity index (χ4v) is 3.21. The van der Waals surface area contributed by atoms with Gasteiger partial charge in [-0.15, -0.1) is 0 Å². The standard InChI is InChI=1S/C21H25NO2/c1-15-8-10-16(11-9-15)12-13-20(23)22-18-14-21(2,3)24-19-7-5-4-6-17(18)19/h4-11,18H,12-14H2,1-3H3,(H,22,23)/t18-/m0/s1. The van der Waals surface area contributed by atoms with Gasteiger partial charge in [-0.05, 0) is 38.8 Å². The van der Waals surface area contributed by atoms with Crippen molar-refractivity contribution in [2.45, 2.75) is 51.7 Å². The molecule has 3 nitrogen and oxygen atoms in total. The van der Waals surface area contributed by atoms with E-state index in [0.29, 0.717) is 6.42 Å². The normalized spacial score (nSPS) is 18.4. The quantitative estimate of drug-likeness (QED) is 0.908. The monoisotopic (exact) mass is 323 g/mol. The van der Waals surface area contributed by atoms with Crippen molar-refractivity contribution in [3.8, 4) is 5.75 Å². The Bertz CT molecular complexity index is 719. The Morgan fingerprint density at radius 2 is 1.88 bits per heavy atom. The van der Waals surface area contributed by atoms with Gasteiger partial charge in [0, 0.05) is 18.4 Å². The highest BCUT2D eigenvalue weighted by atomic mass is 16.5. The van der Waals surface area contributed by atoms with Crippen LogP contribution in [-0.2, 0) is 11.2 Å². The van der Waals surface area contributed by atoms with E-state index in [-0.39, 0.29) is 17.6 Å². The molecule has 126 valence electrons. The van der Waals surface area contributed by atoms with Crippen LogP contribution < -0.4 is 10.1 Å². The van der Waals surface area contributed by atoms with Crippen molar-refractivity contribution in [2.75, 3.05) is 0 Å². The highest BCUT2D eigenvalue weighted by Gasteiger charge is 2.34. The van der Waals surface area contributed by atoms with Crippen LogP contribution >= 0.6 is 0 Å². The maximum absolute atomic E-state index is 12.4. The molecular weight excluding hydrogens is 298 g/mol. The molecule has 1 heterocycles. The molecule has 3 rings (SSSR count). The minimum atomic E-state index is -0.275. The maximum Gasteiger partial charge on any atom is 0.220 e. The second-order valence-corrected chi connectivity index (χ2v) is 7.21. The van der Waals surface area contributed by atoms with Crippen molar-refractivity contribution >= 4 is 5.91 Å². The number of amides is 1. The third-order valence-corrected chi connectivity index (χ3v) is 4.47. The average Bonchev–Trinajstić information content (AvgIpc) is 2.53. The molecule has 2 aromatic carbocycles. The van der Waals surface area contributed by atoms with E-state index in [1.165, 1.54) is 11.1 Å². The fourth-order valence-electron chi connectivity index (χ4n) is 3.21. The van der Waals surface area contributed by atoms with Gasteiger partial charge in [0.1, 0.15) is 11.4 Å². The van der Waals surface area contributed by atoms with E-state index < -0.39 is 0 Å². The summed E-state index contributed by atoms with van der Waals surface area (Å²) in [6.07, 6.45) is 2.05. The Hall–Kier alpha value is -2.29. The molecule has 0 spiro atoms. The lowest BCUT2D eigenvalue weighted by atomic mass is 9.89. The van der Waals surface area contributed by atoms with Gasteiger partial charge in [-0.2, -0.15) is 0 Å². The molecular formula is C21H25NO2. The number of para-hydroxylation sites is 1. The summed E-state index contributed by atoms with van der Waals surface area (Å²) in [6, 6.07) is 16.3. The van der Waals surface area contributed by atoms with Gasteiger partial charge in [-0.1, -0.05) is 48.0 Å². The third-order valence-electron chi connectivity index (χ3n) is 4.47. The van der Waals surface area contributed by atoms with Gasteiger partial charge in [0.25, 0.3) is 0 Å². The first-order chi connectivity index (χ1) is 11.4. The van der Waals surface area contributed by atoms with Gasteiger partial charge in [-0.3, -0.25) is 4.79 Å². The molecule has 1 N–H and O–H groups in total. The minimum Gasteiger partial charge on any atom is -0.487 e. The summed E-state index contributed by atoms with van der Waals surface area (Å²) >= 11 is 0. The average molecular weight is 323 g/mol. The van der Waals surface area contributed by atoms with Gasteiger partial charge in [0.15, 0.2) is 0 Å². The van der Waals surface area contributed by atoms with Crippen LogP contribution in [0.2, 0.25) is 0 Å². The zero-order chi connectivity index (χ0) is 17.2. The molecule has 1 aliphatic rings. The minimum absolute atomic E-state index is 0.00969. The number of carbonyl (C=O) groups is 1. The SMILES string of the molecule is Cc1ccc(CCC(=O)N[C@H]2CC(C)(C)Oc3ccccc32)cc1. The van der Waals surface area contributed by atoms with Gasteiger partial charge in [-0.25, -0.2) is 0 Å². The van der Waals surface area contributed by atoms with Crippen LogP contribution in [-0.4, -0.2) is 11.5 Å². The molecule has 0 aromatic heterocycles. The van der Waals surface area contributed by atoms with Gasteiger partial charge < -0.3 is 10.1 Å². The van der Waals surface area contributed by atoms with Gasteiger partial charge in [0.05, 0.1) is 6.04 Å². The van der Waals surface area contributed by atoms with Crippen LogP contribution in [0.25, 0.3) is 0 Å². The summed E-state index contributed by atoms with van der Waals surface area (Å²) < 4.78 is 6.02. The summed E-state index contributed by atoms with van der Waals surface area (Å²) in [4.78, 5) is 12.4.